The Hall–Kier alpha value is -3.83. The molecule has 8 nitrogen and oxygen atoms in total. The molecular weight excluding hydrogens is 408 g/mol. The maximum atomic E-state index is 11.7. The van der Waals surface area contributed by atoms with Gasteiger partial charge in [-0.2, -0.15) is 5.26 Å². The molecular formula is C24H22N4O4. The third kappa shape index (κ3) is 5.07. The quantitative estimate of drug-likeness (QED) is 0.548. The van der Waals surface area contributed by atoms with Crippen LogP contribution < -0.4 is 4.74 Å². The van der Waals surface area contributed by atoms with Crippen LogP contribution in [-0.2, 0) is 15.9 Å². The number of nitriles is 1. The van der Waals surface area contributed by atoms with Crippen molar-refractivity contribution in [2.75, 3.05) is 20.3 Å². The van der Waals surface area contributed by atoms with Gasteiger partial charge < -0.3 is 14.2 Å². The van der Waals surface area contributed by atoms with Crippen molar-refractivity contribution < 1.29 is 19.0 Å². The largest absolute Gasteiger partial charge is 0.489 e. The fourth-order valence-corrected chi connectivity index (χ4v) is 3.48. The number of rotatable bonds is 6. The number of benzene rings is 1. The Morgan fingerprint density at radius 3 is 2.75 bits per heavy atom. The van der Waals surface area contributed by atoms with Crippen LogP contribution in [0, 0.1) is 11.3 Å². The average molecular weight is 430 g/mol. The lowest BCUT2D eigenvalue weighted by Gasteiger charge is -2.23. The average Bonchev–Trinajstić information content (AvgIpc) is 2.84. The van der Waals surface area contributed by atoms with Crippen LogP contribution in [-0.4, -0.2) is 47.3 Å². The fourth-order valence-electron chi connectivity index (χ4n) is 3.48. The first-order valence-electron chi connectivity index (χ1n) is 10.3. The third-order valence-electron chi connectivity index (χ3n) is 5.14. The molecule has 162 valence electrons. The zero-order valence-electron chi connectivity index (χ0n) is 17.7. The van der Waals surface area contributed by atoms with E-state index in [1.165, 1.54) is 7.11 Å². The first-order valence-corrected chi connectivity index (χ1v) is 10.3. The van der Waals surface area contributed by atoms with E-state index in [1.807, 2.05) is 12.1 Å². The second-order valence-electron chi connectivity index (χ2n) is 7.33. The Morgan fingerprint density at radius 1 is 1.16 bits per heavy atom. The summed E-state index contributed by atoms with van der Waals surface area (Å²) in [6, 6.07) is 13.0. The molecule has 0 N–H and O–H groups in total. The Labute approximate surface area is 185 Å². The van der Waals surface area contributed by atoms with Gasteiger partial charge in [0.05, 0.1) is 31.6 Å². The van der Waals surface area contributed by atoms with Crippen molar-refractivity contribution in [2.24, 2.45) is 0 Å². The van der Waals surface area contributed by atoms with Gasteiger partial charge in [-0.15, -0.1) is 0 Å². The monoisotopic (exact) mass is 430 g/mol. The molecule has 1 fully saturated rings. The van der Waals surface area contributed by atoms with Crippen molar-refractivity contribution in [3.05, 3.63) is 71.4 Å². The van der Waals surface area contributed by atoms with Crippen LogP contribution in [0.25, 0.3) is 11.3 Å². The number of ether oxygens (including phenoxy) is 3. The summed E-state index contributed by atoms with van der Waals surface area (Å²) in [6.07, 6.45) is 5.35. The predicted octanol–water partition coefficient (Wildman–Crippen LogP) is 3.35. The molecule has 3 heterocycles. The van der Waals surface area contributed by atoms with E-state index in [0.29, 0.717) is 42.5 Å². The summed E-state index contributed by atoms with van der Waals surface area (Å²) < 4.78 is 16.1. The minimum absolute atomic E-state index is 0.0580. The first-order chi connectivity index (χ1) is 15.7. The minimum Gasteiger partial charge on any atom is -0.489 e. The van der Waals surface area contributed by atoms with Gasteiger partial charge in [0.1, 0.15) is 29.4 Å². The highest BCUT2D eigenvalue weighted by atomic mass is 16.5. The fraction of sp³-hybridized carbons (Fsp3) is 0.292. The van der Waals surface area contributed by atoms with E-state index in [1.54, 1.807) is 36.7 Å². The van der Waals surface area contributed by atoms with E-state index >= 15 is 0 Å². The zero-order chi connectivity index (χ0) is 22.3. The Kier molecular flexibility index (Phi) is 6.68. The molecule has 0 bridgehead atoms. The molecule has 2 aromatic heterocycles. The number of carbonyl (C=O) groups is 1. The Morgan fingerprint density at radius 2 is 1.97 bits per heavy atom. The van der Waals surface area contributed by atoms with Gasteiger partial charge in [-0.1, -0.05) is 0 Å². The van der Waals surface area contributed by atoms with E-state index in [4.69, 9.17) is 14.2 Å². The summed E-state index contributed by atoms with van der Waals surface area (Å²) in [7, 11) is 1.32. The molecule has 3 aromatic rings. The van der Waals surface area contributed by atoms with Gasteiger partial charge in [0.15, 0.2) is 0 Å². The van der Waals surface area contributed by atoms with Crippen LogP contribution in [0.15, 0.2) is 48.8 Å². The molecule has 1 saturated heterocycles. The second-order valence-corrected chi connectivity index (χ2v) is 7.33. The summed E-state index contributed by atoms with van der Waals surface area (Å²) in [5.41, 5.74) is 3.04. The van der Waals surface area contributed by atoms with Crippen molar-refractivity contribution in [2.45, 2.75) is 25.4 Å². The number of hydrogen-bond acceptors (Lipinski definition) is 8. The summed E-state index contributed by atoms with van der Waals surface area (Å²) in [4.78, 5) is 24.7. The van der Waals surface area contributed by atoms with Crippen LogP contribution in [0.1, 0.15) is 40.3 Å². The molecule has 0 saturated carbocycles. The molecule has 0 unspecified atom stereocenters. The molecule has 0 atom stereocenters. The third-order valence-corrected chi connectivity index (χ3v) is 5.14. The van der Waals surface area contributed by atoms with Gasteiger partial charge in [-0.05, 0) is 42.0 Å². The number of esters is 1. The molecule has 0 radical (unpaired) electrons. The molecule has 0 amide bonds. The maximum Gasteiger partial charge on any atom is 0.356 e. The van der Waals surface area contributed by atoms with Crippen LogP contribution in [0.2, 0.25) is 0 Å². The molecule has 1 aromatic carbocycles. The normalized spacial score (nSPS) is 13.9. The van der Waals surface area contributed by atoms with Crippen molar-refractivity contribution in [1.82, 2.24) is 15.0 Å². The standard InChI is InChI=1S/C24H22N4O4/c1-30-24(29)21-12-16(4-8-26-21)13-23-27-9-5-20(28-23)17-2-3-22(18(14-17)15-25)32-19-6-10-31-11-7-19/h2-5,8-9,12,14,19H,6-7,10-11,13H2,1H3. The lowest BCUT2D eigenvalue weighted by Crippen LogP contribution is -2.26. The van der Waals surface area contributed by atoms with E-state index < -0.39 is 5.97 Å². The van der Waals surface area contributed by atoms with Crippen molar-refractivity contribution in [3.63, 3.8) is 0 Å². The number of pyridine rings is 1. The highest BCUT2D eigenvalue weighted by molar-refractivity contribution is 5.87. The summed E-state index contributed by atoms with van der Waals surface area (Å²) >= 11 is 0. The maximum absolute atomic E-state index is 11.7. The lowest BCUT2D eigenvalue weighted by molar-refractivity contribution is 0.0254. The summed E-state index contributed by atoms with van der Waals surface area (Å²) in [6.45, 7) is 1.35. The molecule has 1 aliphatic heterocycles. The minimum atomic E-state index is -0.492. The molecule has 32 heavy (non-hydrogen) atoms. The van der Waals surface area contributed by atoms with Gasteiger partial charge in [-0.25, -0.2) is 19.7 Å². The predicted molar refractivity (Wildman–Crippen MR) is 115 cm³/mol. The summed E-state index contributed by atoms with van der Waals surface area (Å²) in [5, 5.41) is 9.63. The van der Waals surface area contributed by atoms with Crippen LogP contribution in [0.5, 0.6) is 5.75 Å². The molecule has 0 spiro atoms. The Bertz CT molecular complexity index is 1150. The van der Waals surface area contributed by atoms with Crippen molar-refractivity contribution >= 4 is 5.97 Å². The van der Waals surface area contributed by atoms with Crippen LogP contribution in [0.3, 0.4) is 0 Å². The van der Waals surface area contributed by atoms with Crippen molar-refractivity contribution in [3.8, 4) is 23.1 Å². The van der Waals surface area contributed by atoms with Crippen LogP contribution >= 0.6 is 0 Å². The van der Waals surface area contributed by atoms with Gasteiger partial charge in [0.25, 0.3) is 0 Å². The second kappa shape index (κ2) is 9.98. The van der Waals surface area contributed by atoms with Gasteiger partial charge in [0.2, 0.25) is 0 Å². The molecule has 1 aliphatic rings. The molecule has 0 aliphatic carbocycles. The smallest absolute Gasteiger partial charge is 0.356 e. The number of aromatic nitrogens is 3. The lowest BCUT2D eigenvalue weighted by atomic mass is 10.1. The summed E-state index contributed by atoms with van der Waals surface area (Å²) in [5.74, 6) is 0.670. The van der Waals surface area contributed by atoms with Gasteiger partial charge >= 0.3 is 5.97 Å². The van der Waals surface area contributed by atoms with E-state index in [-0.39, 0.29) is 11.8 Å². The highest BCUT2D eigenvalue weighted by Crippen LogP contribution is 2.27. The number of methoxy groups -OCH3 is 1. The van der Waals surface area contributed by atoms with E-state index in [2.05, 4.69) is 21.0 Å². The number of hydrogen-bond donors (Lipinski definition) is 0. The number of carbonyl (C=O) groups excluding carboxylic acids is 1. The molecule has 4 rings (SSSR count). The van der Waals surface area contributed by atoms with Gasteiger partial charge in [-0.3, -0.25) is 0 Å². The Balaban J connectivity index is 1.54. The zero-order valence-corrected chi connectivity index (χ0v) is 17.7. The SMILES string of the molecule is COC(=O)c1cc(Cc2nccc(-c3ccc(OC4CCOCC4)c(C#N)c3)n2)ccn1. The first kappa shape index (κ1) is 21.4. The molecule has 8 heteroatoms. The van der Waals surface area contributed by atoms with E-state index in [0.717, 1.165) is 24.0 Å². The van der Waals surface area contributed by atoms with Crippen LogP contribution in [0.4, 0.5) is 0 Å². The number of nitrogens with zero attached hydrogens (tertiary/aromatic N) is 4. The van der Waals surface area contributed by atoms with Gasteiger partial charge in [0, 0.05) is 37.2 Å². The topological polar surface area (TPSA) is 107 Å². The van der Waals surface area contributed by atoms with Crippen molar-refractivity contribution in [1.29, 1.82) is 5.26 Å². The highest BCUT2D eigenvalue weighted by Gasteiger charge is 2.17. The van der Waals surface area contributed by atoms with E-state index in [9.17, 15) is 10.1 Å².